The molecule has 0 amide bonds. The highest BCUT2D eigenvalue weighted by Gasteiger charge is 2.18. The highest BCUT2D eigenvalue weighted by atomic mass is 79.9. The van der Waals surface area contributed by atoms with Crippen molar-refractivity contribution in [1.82, 2.24) is 0 Å². The number of carbonyl (C=O) groups excluding carboxylic acids is 1. The van der Waals surface area contributed by atoms with Gasteiger partial charge in [0.15, 0.2) is 11.5 Å². The Morgan fingerprint density at radius 2 is 1.76 bits per heavy atom. The number of ether oxygens (including phenoxy) is 3. The summed E-state index contributed by atoms with van der Waals surface area (Å²) in [6, 6.07) is 15.6. The molecule has 33 heavy (non-hydrogen) atoms. The van der Waals surface area contributed by atoms with Crippen molar-refractivity contribution in [1.29, 1.82) is 0 Å². The van der Waals surface area contributed by atoms with Gasteiger partial charge in [0.25, 0.3) is 0 Å². The zero-order valence-electron chi connectivity index (χ0n) is 17.7. The molecule has 6 nitrogen and oxygen atoms in total. The largest absolute Gasteiger partial charge is 0.486 e. The second-order valence-electron chi connectivity index (χ2n) is 7.54. The molecular weight excluding hydrogens is 488 g/mol. The molecular formula is C26H19BrO6. The van der Waals surface area contributed by atoms with Crippen molar-refractivity contribution in [3.8, 4) is 28.4 Å². The number of benzene rings is 3. The van der Waals surface area contributed by atoms with Gasteiger partial charge >= 0.3 is 5.97 Å². The molecule has 0 N–H and O–H groups in total. The molecule has 0 spiro atoms. The Morgan fingerprint density at radius 1 is 1.00 bits per heavy atom. The van der Waals surface area contributed by atoms with Crippen LogP contribution in [0.2, 0.25) is 0 Å². The number of aryl methyl sites for hydroxylation is 1. The van der Waals surface area contributed by atoms with E-state index in [0.717, 1.165) is 10.0 Å². The molecule has 0 aliphatic carbocycles. The fourth-order valence-electron chi connectivity index (χ4n) is 3.73. The standard InChI is InChI=1S/C26H19BrO6/c1-2-15-11-19-23(13-22(15)33-26(29)16-3-6-18(27)7-4-16)32-14-20(25(19)28)17-5-8-21-24(12-17)31-10-9-30-21/h3-8,11-14H,2,9-10H2,1H3. The van der Waals surface area contributed by atoms with Gasteiger partial charge in [-0.1, -0.05) is 28.9 Å². The molecule has 0 saturated carbocycles. The van der Waals surface area contributed by atoms with E-state index in [4.69, 9.17) is 18.6 Å². The predicted octanol–water partition coefficient (Wildman–Crippen LogP) is 5.78. The Balaban J connectivity index is 1.53. The summed E-state index contributed by atoms with van der Waals surface area (Å²) >= 11 is 3.35. The summed E-state index contributed by atoms with van der Waals surface area (Å²) in [7, 11) is 0. The first-order chi connectivity index (χ1) is 16.0. The maximum atomic E-state index is 13.3. The molecule has 0 radical (unpaired) electrons. The Labute approximate surface area is 197 Å². The Kier molecular flexibility index (Phi) is 5.64. The Morgan fingerprint density at radius 3 is 2.52 bits per heavy atom. The molecule has 0 unspecified atom stereocenters. The lowest BCUT2D eigenvalue weighted by molar-refractivity contribution is 0.0733. The number of fused-ring (bicyclic) bond motifs is 2. The van der Waals surface area contributed by atoms with Crippen LogP contribution in [0.25, 0.3) is 22.1 Å². The minimum absolute atomic E-state index is 0.173. The Hall–Kier alpha value is -3.58. The molecule has 3 aromatic carbocycles. The maximum absolute atomic E-state index is 13.3. The molecule has 1 aromatic heterocycles. The fourth-order valence-corrected chi connectivity index (χ4v) is 3.99. The minimum atomic E-state index is -0.480. The van der Waals surface area contributed by atoms with Crippen molar-refractivity contribution in [3.63, 3.8) is 0 Å². The van der Waals surface area contributed by atoms with Gasteiger partial charge < -0.3 is 18.6 Å². The molecule has 5 rings (SSSR count). The van der Waals surface area contributed by atoms with Crippen LogP contribution in [0.4, 0.5) is 0 Å². The van der Waals surface area contributed by atoms with Gasteiger partial charge in [-0.05, 0) is 60.0 Å². The van der Waals surface area contributed by atoms with Crippen molar-refractivity contribution in [3.05, 3.63) is 86.7 Å². The molecule has 2 heterocycles. The van der Waals surface area contributed by atoms with Crippen molar-refractivity contribution >= 4 is 32.9 Å². The van der Waals surface area contributed by atoms with Crippen LogP contribution in [0, 0.1) is 0 Å². The third-order valence-corrected chi connectivity index (χ3v) is 6.00. The van der Waals surface area contributed by atoms with Gasteiger partial charge in [-0.3, -0.25) is 4.79 Å². The number of hydrogen-bond acceptors (Lipinski definition) is 6. The maximum Gasteiger partial charge on any atom is 0.343 e. The summed E-state index contributed by atoms with van der Waals surface area (Å²) in [4.78, 5) is 25.9. The third-order valence-electron chi connectivity index (χ3n) is 5.47. The summed E-state index contributed by atoms with van der Waals surface area (Å²) < 4.78 is 23.5. The molecule has 0 bridgehead atoms. The lowest BCUT2D eigenvalue weighted by atomic mass is 10.0. The van der Waals surface area contributed by atoms with E-state index in [0.29, 0.717) is 64.5 Å². The number of halogens is 1. The summed E-state index contributed by atoms with van der Waals surface area (Å²) in [5.41, 5.74) is 2.43. The number of carbonyl (C=O) groups is 1. The first-order valence-corrected chi connectivity index (χ1v) is 11.3. The van der Waals surface area contributed by atoms with E-state index >= 15 is 0 Å². The van der Waals surface area contributed by atoms with E-state index in [2.05, 4.69) is 15.9 Å². The summed E-state index contributed by atoms with van der Waals surface area (Å²) in [6.45, 7) is 2.90. The van der Waals surface area contributed by atoms with Crippen LogP contribution in [0.1, 0.15) is 22.8 Å². The van der Waals surface area contributed by atoms with E-state index in [1.165, 1.54) is 6.26 Å². The van der Waals surface area contributed by atoms with E-state index in [9.17, 15) is 9.59 Å². The van der Waals surface area contributed by atoms with Crippen LogP contribution in [-0.2, 0) is 6.42 Å². The van der Waals surface area contributed by atoms with Crippen molar-refractivity contribution < 1.29 is 23.4 Å². The highest BCUT2D eigenvalue weighted by molar-refractivity contribution is 9.10. The van der Waals surface area contributed by atoms with E-state index in [1.807, 2.05) is 6.92 Å². The average molecular weight is 507 g/mol. The topological polar surface area (TPSA) is 75.0 Å². The van der Waals surface area contributed by atoms with Crippen molar-refractivity contribution in [2.45, 2.75) is 13.3 Å². The Bertz CT molecular complexity index is 1420. The summed E-state index contributed by atoms with van der Waals surface area (Å²) in [5, 5.41) is 0.419. The molecule has 4 aromatic rings. The molecule has 0 saturated heterocycles. The molecule has 1 aliphatic rings. The smallest absolute Gasteiger partial charge is 0.343 e. The fraction of sp³-hybridized carbons (Fsp3) is 0.154. The van der Waals surface area contributed by atoms with Gasteiger partial charge in [-0.2, -0.15) is 0 Å². The average Bonchev–Trinajstić information content (AvgIpc) is 2.84. The number of hydrogen-bond donors (Lipinski definition) is 0. The van der Waals surface area contributed by atoms with Gasteiger partial charge in [-0.15, -0.1) is 0 Å². The zero-order valence-corrected chi connectivity index (χ0v) is 19.3. The van der Waals surface area contributed by atoms with Gasteiger partial charge in [0, 0.05) is 10.5 Å². The van der Waals surface area contributed by atoms with Gasteiger partial charge in [0.1, 0.15) is 30.8 Å². The van der Waals surface area contributed by atoms with Gasteiger partial charge in [-0.25, -0.2) is 4.79 Å². The van der Waals surface area contributed by atoms with E-state index in [-0.39, 0.29) is 5.43 Å². The second kappa shape index (κ2) is 8.75. The lowest BCUT2D eigenvalue weighted by Crippen LogP contribution is -2.15. The van der Waals surface area contributed by atoms with Crippen LogP contribution in [0.5, 0.6) is 17.2 Å². The summed E-state index contributed by atoms with van der Waals surface area (Å²) in [5.74, 6) is 1.14. The predicted molar refractivity (Wildman–Crippen MR) is 127 cm³/mol. The number of rotatable bonds is 4. The van der Waals surface area contributed by atoms with Crippen LogP contribution in [0.3, 0.4) is 0 Å². The van der Waals surface area contributed by atoms with Crippen LogP contribution in [0.15, 0.2) is 74.5 Å². The number of esters is 1. The zero-order chi connectivity index (χ0) is 22.9. The van der Waals surface area contributed by atoms with Gasteiger partial charge in [0.05, 0.1) is 16.5 Å². The minimum Gasteiger partial charge on any atom is -0.486 e. The van der Waals surface area contributed by atoms with Gasteiger partial charge in [0.2, 0.25) is 5.43 Å². The normalized spacial score (nSPS) is 12.5. The molecule has 1 aliphatic heterocycles. The van der Waals surface area contributed by atoms with E-state index in [1.54, 1.807) is 54.6 Å². The monoisotopic (exact) mass is 506 g/mol. The van der Waals surface area contributed by atoms with Crippen LogP contribution >= 0.6 is 15.9 Å². The third kappa shape index (κ3) is 4.12. The second-order valence-corrected chi connectivity index (χ2v) is 8.46. The molecule has 7 heteroatoms. The lowest BCUT2D eigenvalue weighted by Gasteiger charge is -2.18. The van der Waals surface area contributed by atoms with Crippen LogP contribution in [-0.4, -0.2) is 19.2 Å². The first-order valence-electron chi connectivity index (χ1n) is 10.5. The van der Waals surface area contributed by atoms with Crippen molar-refractivity contribution in [2.24, 2.45) is 0 Å². The SMILES string of the molecule is CCc1cc2c(=O)c(-c3ccc4c(c3)OCCO4)coc2cc1OC(=O)c1ccc(Br)cc1. The molecule has 0 fully saturated rings. The van der Waals surface area contributed by atoms with E-state index < -0.39 is 5.97 Å². The molecule has 0 atom stereocenters. The quantitative estimate of drug-likeness (QED) is 0.258. The van der Waals surface area contributed by atoms with Crippen LogP contribution < -0.4 is 19.6 Å². The summed E-state index contributed by atoms with van der Waals surface area (Å²) in [6.07, 6.45) is 1.99. The highest BCUT2D eigenvalue weighted by Crippen LogP contribution is 2.34. The molecule has 166 valence electrons. The van der Waals surface area contributed by atoms with Crippen molar-refractivity contribution in [2.75, 3.05) is 13.2 Å². The first kappa shape index (κ1) is 21.3.